The summed E-state index contributed by atoms with van der Waals surface area (Å²) in [4.78, 5) is 4.42. The highest BCUT2D eigenvalue weighted by Gasteiger charge is 2.17. The van der Waals surface area contributed by atoms with Gasteiger partial charge < -0.3 is 20.9 Å². The maximum Gasteiger partial charge on any atom is 0.239 e. The summed E-state index contributed by atoms with van der Waals surface area (Å²) in [5, 5.41) is 12.2. The van der Waals surface area contributed by atoms with Crippen LogP contribution in [-0.4, -0.2) is 29.8 Å². The van der Waals surface area contributed by atoms with Gasteiger partial charge >= 0.3 is 0 Å². The fraction of sp³-hybridized carbons (Fsp3) is 0.688. The van der Waals surface area contributed by atoms with Crippen LogP contribution in [-0.2, 0) is 0 Å². The standard InChI is InChI=1S/C16H29N3O2/c1-12(2)10-21-15-13(17)6-7-14(19-15)18-11-16(3,4)8-5-9-20/h6-7,12,20H,5,8-11,17H2,1-4H3,(H,18,19). The molecule has 5 heteroatoms. The van der Waals surface area contributed by atoms with Crippen molar-refractivity contribution in [3.8, 4) is 5.88 Å². The molecule has 0 atom stereocenters. The molecule has 0 aliphatic carbocycles. The molecule has 0 saturated heterocycles. The van der Waals surface area contributed by atoms with Gasteiger partial charge in [0.15, 0.2) is 0 Å². The van der Waals surface area contributed by atoms with Crippen LogP contribution in [0.2, 0.25) is 0 Å². The zero-order chi connectivity index (χ0) is 15.9. The van der Waals surface area contributed by atoms with Gasteiger partial charge in [-0.2, -0.15) is 4.98 Å². The van der Waals surface area contributed by atoms with Gasteiger partial charge in [-0.05, 0) is 36.3 Å². The number of ether oxygens (including phenoxy) is 1. The number of aliphatic hydroxyl groups is 1. The van der Waals surface area contributed by atoms with Crippen molar-refractivity contribution in [2.24, 2.45) is 11.3 Å². The zero-order valence-electron chi connectivity index (χ0n) is 13.6. The number of aliphatic hydroxyl groups excluding tert-OH is 1. The van der Waals surface area contributed by atoms with Gasteiger partial charge in [0.05, 0.1) is 12.3 Å². The van der Waals surface area contributed by atoms with Crippen molar-refractivity contribution in [2.45, 2.75) is 40.5 Å². The first-order valence-corrected chi connectivity index (χ1v) is 7.58. The van der Waals surface area contributed by atoms with Gasteiger partial charge in [0, 0.05) is 13.2 Å². The van der Waals surface area contributed by atoms with Crippen LogP contribution in [0.25, 0.3) is 0 Å². The first kappa shape index (κ1) is 17.6. The molecule has 0 aromatic carbocycles. The fourth-order valence-electron chi connectivity index (χ4n) is 1.89. The summed E-state index contributed by atoms with van der Waals surface area (Å²) in [7, 11) is 0. The molecule has 0 radical (unpaired) electrons. The van der Waals surface area contributed by atoms with Crippen LogP contribution in [0.4, 0.5) is 11.5 Å². The number of nitrogens with zero attached hydrogens (tertiary/aromatic N) is 1. The number of anilines is 2. The lowest BCUT2D eigenvalue weighted by atomic mass is 9.88. The predicted octanol–water partition coefficient (Wildman–Crippen LogP) is 2.91. The Balaban J connectivity index is 2.61. The molecule has 1 aromatic heterocycles. The summed E-state index contributed by atoms with van der Waals surface area (Å²) in [5.74, 6) is 1.68. The molecular formula is C16H29N3O2. The van der Waals surface area contributed by atoms with Crippen molar-refractivity contribution in [1.29, 1.82) is 0 Å². The lowest BCUT2D eigenvalue weighted by molar-refractivity contribution is 0.247. The Morgan fingerprint density at radius 3 is 2.71 bits per heavy atom. The van der Waals surface area contributed by atoms with E-state index in [9.17, 15) is 0 Å². The number of pyridine rings is 1. The number of aromatic nitrogens is 1. The van der Waals surface area contributed by atoms with Crippen molar-refractivity contribution in [3.63, 3.8) is 0 Å². The highest BCUT2D eigenvalue weighted by Crippen LogP contribution is 2.25. The Bertz CT molecular complexity index is 434. The van der Waals surface area contributed by atoms with E-state index >= 15 is 0 Å². The Kier molecular flexibility index (Phi) is 6.75. The number of hydrogen-bond donors (Lipinski definition) is 3. The van der Waals surface area contributed by atoms with Crippen LogP contribution in [0, 0.1) is 11.3 Å². The molecule has 1 rings (SSSR count). The van der Waals surface area contributed by atoms with E-state index < -0.39 is 0 Å². The molecule has 0 aliphatic heterocycles. The van der Waals surface area contributed by atoms with Gasteiger partial charge in [-0.1, -0.05) is 27.7 Å². The van der Waals surface area contributed by atoms with E-state index in [1.54, 1.807) is 0 Å². The van der Waals surface area contributed by atoms with E-state index in [0.717, 1.165) is 25.2 Å². The summed E-state index contributed by atoms with van der Waals surface area (Å²) in [6.45, 7) is 10.1. The van der Waals surface area contributed by atoms with Gasteiger partial charge in [0.25, 0.3) is 0 Å². The smallest absolute Gasteiger partial charge is 0.239 e. The molecular weight excluding hydrogens is 266 g/mol. The maximum absolute atomic E-state index is 8.92. The fourth-order valence-corrected chi connectivity index (χ4v) is 1.89. The van der Waals surface area contributed by atoms with Gasteiger partial charge in [-0.15, -0.1) is 0 Å². The van der Waals surface area contributed by atoms with Crippen LogP contribution in [0.15, 0.2) is 12.1 Å². The number of hydrogen-bond acceptors (Lipinski definition) is 5. The normalized spacial score (nSPS) is 11.7. The lowest BCUT2D eigenvalue weighted by Crippen LogP contribution is -2.24. The van der Waals surface area contributed by atoms with E-state index in [2.05, 4.69) is 38.0 Å². The molecule has 0 amide bonds. The van der Waals surface area contributed by atoms with Crippen molar-refractivity contribution >= 4 is 11.5 Å². The number of nitrogens with one attached hydrogen (secondary N) is 1. The molecule has 0 unspecified atom stereocenters. The molecule has 0 saturated carbocycles. The zero-order valence-corrected chi connectivity index (χ0v) is 13.6. The second-order valence-electron chi connectivity index (χ2n) is 6.64. The van der Waals surface area contributed by atoms with Gasteiger partial charge in [0.1, 0.15) is 5.82 Å². The molecule has 0 aliphatic rings. The Labute approximate surface area is 127 Å². The summed E-state index contributed by atoms with van der Waals surface area (Å²) >= 11 is 0. The third-order valence-electron chi connectivity index (χ3n) is 3.20. The summed E-state index contributed by atoms with van der Waals surface area (Å²) in [6, 6.07) is 3.67. The number of nitrogen functional groups attached to an aromatic ring is 1. The largest absolute Gasteiger partial charge is 0.476 e. The molecule has 0 spiro atoms. The molecule has 120 valence electrons. The third kappa shape index (κ3) is 6.67. The lowest BCUT2D eigenvalue weighted by Gasteiger charge is -2.25. The minimum Gasteiger partial charge on any atom is -0.476 e. The quantitative estimate of drug-likeness (QED) is 0.652. The monoisotopic (exact) mass is 295 g/mol. The summed E-state index contributed by atoms with van der Waals surface area (Å²) < 4.78 is 5.63. The number of nitrogens with two attached hydrogens (primary N) is 1. The number of rotatable bonds is 9. The molecule has 0 fully saturated rings. The summed E-state index contributed by atoms with van der Waals surface area (Å²) in [6.07, 6.45) is 1.77. The minimum absolute atomic E-state index is 0.102. The van der Waals surface area contributed by atoms with Crippen LogP contribution >= 0.6 is 0 Å². The average Bonchev–Trinajstić information content (AvgIpc) is 2.43. The first-order valence-electron chi connectivity index (χ1n) is 7.58. The predicted molar refractivity (Wildman–Crippen MR) is 87.6 cm³/mol. The molecule has 1 aromatic rings. The molecule has 21 heavy (non-hydrogen) atoms. The third-order valence-corrected chi connectivity index (χ3v) is 3.20. The second kappa shape index (κ2) is 8.08. The van der Waals surface area contributed by atoms with E-state index in [-0.39, 0.29) is 12.0 Å². The van der Waals surface area contributed by atoms with Crippen molar-refractivity contribution < 1.29 is 9.84 Å². The highest BCUT2D eigenvalue weighted by atomic mass is 16.5. The Morgan fingerprint density at radius 1 is 1.38 bits per heavy atom. The highest BCUT2D eigenvalue weighted by molar-refractivity contribution is 5.53. The molecule has 1 heterocycles. The average molecular weight is 295 g/mol. The second-order valence-corrected chi connectivity index (χ2v) is 6.64. The topological polar surface area (TPSA) is 80.4 Å². The molecule has 4 N–H and O–H groups in total. The van der Waals surface area contributed by atoms with Gasteiger partial charge in [-0.25, -0.2) is 0 Å². The van der Waals surface area contributed by atoms with Gasteiger partial charge in [0.2, 0.25) is 5.88 Å². The van der Waals surface area contributed by atoms with Crippen molar-refractivity contribution in [3.05, 3.63) is 12.1 Å². The maximum atomic E-state index is 8.92. The first-order chi connectivity index (χ1) is 9.84. The van der Waals surface area contributed by atoms with Crippen LogP contribution in [0.3, 0.4) is 0 Å². The van der Waals surface area contributed by atoms with Gasteiger partial charge in [-0.3, -0.25) is 0 Å². The van der Waals surface area contributed by atoms with Crippen molar-refractivity contribution in [2.75, 3.05) is 30.8 Å². The minimum atomic E-state index is 0.102. The van der Waals surface area contributed by atoms with E-state index in [1.807, 2.05) is 12.1 Å². The SMILES string of the molecule is CC(C)COc1nc(NCC(C)(C)CCCO)ccc1N. The van der Waals surface area contributed by atoms with Crippen LogP contribution < -0.4 is 15.8 Å². The summed E-state index contributed by atoms with van der Waals surface area (Å²) in [5.41, 5.74) is 6.54. The van der Waals surface area contributed by atoms with Crippen LogP contribution in [0.1, 0.15) is 40.5 Å². The van der Waals surface area contributed by atoms with Crippen LogP contribution in [0.5, 0.6) is 5.88 Å². The Morgan fingerprint density at radius 2 is 2.10 bits per heavy atom. The Hall–Kier alpha value is -1.49. The van der Waals surface area contributed by atoms with Crippen molar-refractivity contribution in [1.82, 2.24) is 4.98 Å². The van der Waals surface area contributed by atoms with E-state index in [4.69, 9.17) is 15.6 Å². The molecule has 0 bridgehead atoms. The van der Waals surface area contributed by atoms with E-state index in [0.29, 0.717) is 24.1 Å². The van der Waals surface area contributed by atoms with E-state index in [1.165, 1.54) is 0 Å². The molecule has 5 nitrogen and oxygen atoms in total.